The van der Waals surface area contributed by atoms with Gasteiger partial charge in [-0.1, -0.05) is 6.92 Å². The Labute approximate surface area is 61.9 Å². The van der Waals surface area contributed by atoms with E-state index in [4.69, 9.17) is 0 Å². The zero-order valence-corrected chi connectivity index (χ0v) is 6.59. The third kappa shape index (κ3) is 1.53. The van der Waals surface area contributed by atoms with Crippen molar-refractivity contribution < 1.29 is 0 Å². The molecule has 1 aromatic rings. The fraction of sp³-hybridized carbons (Fsp3) is 0.500. The number of nitrogens with one attached hydrogen (secondary N) is 1. The van der Waals surface area contributed by atoms with Gasteiger partial charge in [-0.25, -0.2) is 0 Å². The molecule has 0 atom stereocenters. The second-order valence-electron chi connectivity index (χ2n) is 2.43. The smallest absolute Gasteiger partial charge is 0.105 e. The summed E-state index contributed by atoms with van der Waals surface area (Å²) in [5, 5.41) is 3.31. The molecule has 1 rings (SSSR count). The quantitative estimate of drug-likeness (QED) is 0.674. The molecule has 0 aliphatic carbocycles. The molecule has 0 fully saturated rings. The van der Waals surface area contributed by atoms with Crippen molar-refractivity contribution in [3.8, 4) is 0 Å². The Kier molecular flexibility index (Phi) is 2.37. The summed E-state index contributed by atoms with van der Waals surface area (Å²) in [5.41, 5.74) is 0. The van der Waals surface area contributed by atoms with Crippen molar-refractivity contribution in [1.82, 2.24) is 4.57 Å². The lowest BCUT2D eigenvalue weighted by Gasteiger charge is -2.04. The van der Waals surface area contributed by atoms with E-state index in [1.54, 1.807) is 0 Å². The van der Waals surface area contributed by atoms with Crippen LogP contribution in [0.2, 0.25) is 0 Å². The van der Waals surface area contributed by atoms with E-state index in [0.29, 0.717) is 0 Å². The van der Waals surface area contributed by atoms with Gasteiger partial charge in [-0.05, 0) is 18.6 Å². The lowest BCUT2D eigenvalue weighted by Crippen LogP contribution is -2.03. The van der Waals surface area contributed by atoms with E-state index < -0.39 is 0 Å². The Balaban J connectivity index is 2.49. The van der Waals surface area contributed by atoms with Gasteiger partial charge >= 0.3 is 0 Å². The van der Waals surface area contributed by atoms with Gasteiger partial charge in [-0.2, -0.15) is 0 Å². The summed E-state index contributed by atoms with van der Waals surface area (Å²) in [6.45, 7) is 3.22. The molecule has 0 bridgehead atoms. The SMILES string of the molecule is CCCNc1cccn1C. The minimum atomic E-state index is 1.05. The predicted molar refractivity (Wildman–Crippen MR) is 44.2 cm³/mol. The Morgan fingerprint density at radius 2 is 2.40 bits per heavy atom. The normalized spacial score (nSPS) is 9.80. The second kappa shape index (κ2) is 3.30. The lowest BCUT2D eigenvalue weighted by molar-refractivity contribution is 0.895. The van der Waals surface area contributed by atoms with Gasteiger partial charge in [0.05, 0.1) is 0 Å². The van der Waals surface area contributed by atoms with Crippen LogP contribution in [0.25, 0.3) is 0 Å². The third-order valence-electron chi connectivity index (χ3n) is 1.50. The van der Waals surface area contributed by atoms with Gasteiger partial charge < -0.3 is 9.88 Å². The highest BCUT2D eigenvalue weighted by atomic mass is 15.1. The maximum Gasteiger partial charge on any atom is 0.105 e. The summed E-state index contributed by atoms with van der Waals surface area (Å²) in [7, 11) is 2.04. The topological polar surface area (TPSA) is 17.0 Å². The van der Waals surface area contributed by atoms with Crippen molar-refractivity contribution in [2.45, 2.75) is 13.3 Å². The number of aryl methyl sites for hydroxylation is 1. The molecule has 1 N–H and O–H groups in total. The number of anilines is 1. The van der Waals surface area contributed by atoms with Crippen LogP contribution in [0.15, 0.2) is 18.3 Å². The van der Waals surface area contributed by atoms with Crippen molar-refractivity contribution in [2.75, 3.05) is 11.9 Å². The van der Waals surface area contributed by atoms with Crippen LogP contribution in [0.5, 0.6) is 0 Å². The van der Waals surface area contributed by atoms with E-state index >= 15 is 0 Å². The molecule has 0 radical (unpaired) electrons. The largest absolute Gasteiger partial charge is 0.371 e. The molecule has 0 aliphatic heterocycles. The van der Waals surface area contributed by atoms with E-state index in [2.05, 4.69) is 22.9 Å². The lowest BCUT2D eigenvalue weighted by atomic mass is 10.5. The minimum Gasteiger partial charge on any atom is -0.371 e. The predicted octanol–water partition coefficient (Wildman–Crippen LogP) is 1.85. The van der Waals surface area contributed by atoms with Crippen LogP contribution in [0.1, 0.15) is 13.3 Å². The zero-order chi connectivity index (χ0) is 7.40. The van der Waals surface area contributed by atoms with Crippen molar-refractivity contribution in [1.29, 1.82) is 0 Å². The van der Waals surface area contributed by atoms with Crippen LogP contribution >= 0.6 is 0 Å². The first-order valence-corrected chi connectivity index (χ1v) is 3.70. The highest BCUT2D eigenvalue weighted by Crippen LogP contribution is 2.04. The van der Waals surface area contributed by atoms with E-state index in [-0.39, 0.29) is 0 Å². The molecule has 0 amide bonds. The van der Waals surface area contributed by atoms with Crippen LogP contribution in [0.4, 0.5) is 5.82 Å². The molecule has 10 heavy (non-hydrogen) atoms. The molecule has 0 aliphatic rings. The molecule has 0 spiro atoms. The van der Waals surface area contributed by atoms with Crippen molar-refractivity contribution in [2.24, 2.45) is 7.05 Å². The fourth-order valence-corrected chi connectivity index (χ4v) is 0.898. The number of aromatic nitrogens is 1. The fourth-order valence-electron chi connectivity index (χ4n) is 0.898. The van der Waals surface area contributed by atoms with Gasteiger partial charge in [0.25, 0.3) is 0 Å². The standard InChI is InChI=1S/C8H14N2/c1-3-6-9-8-5-4-7-10(8)2/h4-5,7,9H,3,6H2,1-2H3. The highest BCUT2D eigenvalue weighted by Gasteiger charge is 1.91. The Hall–Kier alpha value is -0.920. The first-order valence-electron chi connectivity index (χ1n) is 3.70. The minimum absolute atomic E-state index is 1.05. The zero-order valence-electron chi connectivity index (χ0n) is 6.59. The summed E-state index contributed by atoms with van der Waals surface area (Å²) in [6.07, 6.45) is 3.21. The number of hydrogen-bond acceptors (Lipinski definition) is 1. The molecule has 2 heteroatoms. The average molecular weight is 138 g/mol. The van der Waals surface area contributed by atoms with Crippen molar-refractivity contribution in [3.63, 3.8) is 0 Å². The van der Waals surface area contributed by atoms with Gasteiger partial charge in [0, 0.05) is 19.8 Å². The Morgan fingerprint density at radius 3 is 2.90 bits per heavy atom. The van der Waals surface area contributed by atoms with E-state index in [0.717, 1.165) is 6.54 Å². The number of hydrogen-bond donors (Lipinski definition) is 1. The molecule has 0 saturated heterocycles. The van der Waals surface area contributed by atoms with Gasteiger partial charge in [-0.3, -0.25) is 0 Å². The molecule has 0 unspecified atom stereocenters. The van der Waals surface area contributed by atoms with Gasteiger partial charge in [-0.15, -0.1) is 0 Å². The van der Waals surface area contributed by atoms with Gasteiger partial charge in [0.1, 0.15) is 5.82 Å². The summed E-state index contributed by atoms with van der Waals surface area (Å²) >= 11 is 0. The molecule has 2 nitrogen and oxygen atoms in total. The highest BCUT2D eigenvalue weighted by molar-refractivity contribution is 5.35. The summed E-state index contributed by atoms with van der Waals surface area (Å²) in [6, 6.07) is 4.12. The Morgan fingerprint density at radius 1 is 1.60 bits per heavy atom. The first-order chi connectivity index (χ1) is 4.84. The van der Waals surface area contributed by atoms with Crippen LogP contribution in [0.3, 0.4) is 0 Å². The van der Waals surface area contributed by atoms with Crippen LogP contribution in [-0.4, -0.2) is 11.1 Å². The monoisotopic (exact) mass is 138 g/mol. The number of nitrogens with zero attached hydrogens (tertiary/aromatic N) is 1. The molecule has 56 valence electrons. The molecule has 1 heterocycles. The van der Waals surface area contributed by atoms with Crippen LogP contribution in [0, 0.1) is 0 Å². The summed E-state index contributed by atoms with van der Waals surface area (Å²) in [4.78, 5) is 0. The summed E-state index contributed by atoms with van der Waals surface area (Å²) in [5.74, 6) is 1.20. The second-order valence-corrected chi connectivity index (χ2v) is 2.43. The van der Waals surface area contributed by atoms with Crippen LogP contribution < -0.4 is 5.32 Å². The maximum absolute atomic E-state index is 3.31. The molecule has 0 aromatic carbocycles. The van der Waals surface area contributed by atoms with Crippen LogP contribution in [-0.2, 0) is 7.05 Å². The van der Waals surface area contributed by atoms with E-state index in [1.807, 2.05) is 19.3 Å². The Bertz CT molecular complexity index is 191. The molecule has 1 aromatic heterocycles. The molecular weight excluding hydrogens is 124 g/mol. The summed E-state index contributed by atoms with van der Waals surface area (Å²) < 4.78 is 2.08. The maximum atomic E-state index is 3.31. The van der Waals surface area contributed by atoms with Crippen molar-refractivity contribution in [3.05, 3.63) is 18.3 Å². The van der Waals surface area contributed by atoms with E-state index in [1.165, 1.54) is 12.2 Å². The first kappa shape index (κ1) is 7.19. The van der Waals surface area contributed by atoms with Gasteiger partial charge in [0.15, 0.2) is 0 Å². The molecular formula is C8H14N2. The molecule has 0 saturated carbocycles. The van der Waals surface area contributed by atoms with E-state index in [9.17, 15) is 0 Å². The third-order valence-corrected chi connectivity index (χ3v) is 1.50. The average Bonchev–Trinajstić information content (AvgIpc) is 2.31. The number of rotatable bonds is 3. The van der Waals surface area contributed by atoms with Crippen molar-refractivity contribution >= 4 is 5.82 Å². The van der Waals surface area contributed by atoms with Gasteiger partial charge in [0.2, 0.25) is 0 Å².